The van der Waals surface area contributed by atoms with Gasteiger partial charge in [0, 0.05) is 36.6 Å². The zero-order chi connectivity index (χ0) is 13.8. The molecule has 0 aromatic heterocycles. The summed E-state index contributed by atoms with van der Waals surface area (Å²) in [4.78, 5) is 12.6. The Hall–Kier alpha value is -1.95. The number of hydrogen-bond acceptors (Lipinski definition) is 4. The van der Waals surface area contributed by atoms with Crippen molar-refractivity contribution in [1.82, 2.24) is 5.32 Å². The first-order chi connectivity index (χ1) is 9.10. The normalized spacial score (nSPS) is 18.6. The Kier molecular flexibility index (Phi) is 4.11. The largest absolute Gasteiger partial charge is 0.465 e. The van der Waals surface area contributed by atoms with Crippen LogP contribution in [0.1, 0.15) is 12.0 Å². The number of amides is 1. The predicted molar refractivity (Wildman–Crippen MR) is 73.1 cm³/mol. The van der Waals surface area contributed by atoms with Crippen molar-refractivity contribution in [3.63, 3.8) is 0 Å². The lowest BCUT2D eigenvalue weighted by atomic mass is 10.1. The molecular weight excluding hydrogens is 246 g/mol. The van der Waals surface area contributed by atoms with Crippen molar-refractivity contribution in [2.24, 2.45) is 5.92 Å². The molecule has 1 fully saturated rings. The third-order valence-corrected chi connectivity index (χ3v) is 3.44. The highest BCUT2D eigenvalue weighted by molar-refractivity contribution is 5.64. The summed E-state index contributed by atoms with van der Waals surface area (Å²) in [6.45, 7) is 2.07. The molecule has 0 aliphatic carbocycles. The number of anilines is 2. The van der Waals surface area contributed by atoms with Crippen LogP contribution in [0.25, 0.3) is 0 Å². The molecule has 1 unspecified atom stereocenters. The van der Waals surface area contributed by atoms with E-state index in [9.17, 15) is 9.90 Å². The molecule has 1 atom stereocenters. The van der Waals surface area contributed by atoms with Gasteiger partial charge in [-0.15, -0.1) is 0 Å². The van der Waals surface area contributed by atoms with Gasteiger partial charge in [0.15, 0.2) is 0 Å². The zero-order valence-corrected chi connectivity index (χ0v) is 10.7. The number of aliphatic hydroxyl groups excluding tert-OH is 1. The summed E-state index contributed by atoms with van der Waals surface area (Å²) in [5.74, 6) is 0.306. The second-order valence-electron chi connectivity index (χ2n) is 4.83. The van der Waals surface area contributed by atoms with E-state index in [0.29, 0.717) is 18.2 Å². The SMILES string of the molecule is Nc1ccc(N2CCC(CNC(=O)O)C2)c(CO)c1. The summed E-state index contributed by atoms with van der Waals surface area (Å²) in [7, 11) is 0. The minimum Gasteiger partial charge on any atom is -0.465 e. The summed E-state index contributed by atoms with van der Waals surface area (Å²) >= 11 is 0. The Bertz CT molecular complexity index is 464. The molecule has 104 valence electrons. The molecule has 1 aliphatic heterocycles. The predicted octanol–water partition coefficient (Wildman–Crippen LogP) is 0.855. The van der Waals surface area contributed by atoms with Gasteiger partial charge in [-0.2, -0.15) is 0 Å². The van der Waals surface area contributed by atoms with Crippen LogP contribution in [0.5, 0.6) is 0 Å². The van der Waals surface area contributed by atoms with Crippen LogP contribution in [0, 0.1) is 5.92 Å². The topological polar surface area (TPSA) is 98.8 Å². The molecule has 1 aromatic rings. The first-order valence-electron chi connectivity index (χ1n) is 6.31. The number of nitrogens with one attached hydrogen (secondary N) is 1. The Labute approximate surface area is 111 Å². The van der Waals surface area contributed by atoms with Gasteiger partial charge in [-0.1, -0.05) is 0 Å². The van der Waals surface area contributed by atoms with Crippen molar-refractivity contribution in [2.45, 2.75) is 13.0 Å². The van der Waals surface area contributed by atoms with Gasteiger partial charge in [0.2, 0.25) is 0 Å². The van der Waals surface area contributed by atoms with Crippen LogP contribution in [-0.4, -0.2) is 35.9 Å². The Morgan fingerprint density at radius 2 is 2.32 bits per heavy atom. The van der Waals surface area contributed by atoms with E-state index in [1.165, 1.54) is 0 Å². The molecule has 0 radical (unpaired) electrons. The van der Waals surface area contributed by atoms with E-state index in [1.807, 2.05) is 12.1 Å². The molecule has 1 heterocycles. The average molecular weight is 265 g/mol. The van der Waals surface area contributed by atoms with Gasteiger partial charge in [-0.05, 0) is 30.5 Å². The summed E-state index contributed by atoms with van der Waals surface area (Å²) in [6, 6.07) is 5.50. The lowest BCUT2D eigenvalue weighted by molar-refractivity contribution is 0.192. The van der Waals surface area contributed by atoms with E-state index in [0.717, 1.165) is 30.8 Å². The van der Waals surface area contributed by atoms with Crippen molar-refractivity contribution in [3.05, 3.63) is 23.8 Å². The molecule has 1 saturated heterocycles. The quantitative estimate of drug-likeness (QED) is 0.605. The maximum absolute atomic E-state index is 10.5. The van der Waals surface area contributed by atoms with Gasteiger partial charge in [0.1, 0.15) is 0 Å². The van der Waals surface area contributed by atoms with Crippen LogP contribution < -0.4 is 16.0 Å². The highest BCUT2D eigenvalue weighted by Crippen LogP contribution is 2.28. The Morgan fingerprint density at radius 1 is 1.53 bits per heavy atom. The number of carboxylic acid groups (broad SMARTS) is 1. The molecule has 6 nitrogen and oxygen atoms in total. The number of nitrogens with zero attached hydrogens (tertiary/aromatic N) is 1. The van der Waals surface area contributed by atoms with Crippen molar-refractivity contribution < 1.29 is 15.0 Å². The number of nitrogens with two attached hydrogens (primary N) is 1. The Morgan fingerprint density at radius 3 is 3.00 bits per heavy atom. The summed E-state index contributed by atoms with van der Waals surface area (Å²) in [5.41, 5.74) is 8.13. The number of rotatable bonds is 4. The molecule has 5 N–H and O–H groups in total. The van der Waals surface area contributed by atoms with E-state index in [2.05, 4.69) is 10.2 Å². The van der Waals surface area contributed by atoms with Gasteiger partial charge in [0.25, 0.3) is 0 Å². The van der Waals surface area contributed by atoms with E-state index in [4.69, 9.17) is 10.8 Å². The highest BCUT2D eigenvalue weighted by atomic mass is 16.4. The third kappa shape index (κ3) is 3.29. The molecule has 0 bridgehead atoms. The second-order valence-corrected chi connectivity index (χ2v) is 4.83. The zero-order valence-electron chi connectivity index (χ0n) is 10.7. The smallest absolute Gasteiger partial charge is 0.404 e. The standard InChI is InChI=1S/C13H19N3O3/c14-11-1-2-12(10(5-11)8-17)16-4-3-9(7-16)6-15-13(18)19/h1-2,5,9,15,17H,3-4,6-8,14H2,(H,18,19). The number of aliphatic hydroxyl groups is 1. The Balaban J connectivity index is 2.02. The summed E-state index contributed by atoms with van der Waals surface area (Å²) < 4.78 is 0. The molecule has 1 aliphatic rings. The van der Waals surface area contributed by atoms with E-state index >= 15 is 0 Å². The molecule has 19 heavy (non-hydrogen) atoms. The minimum absolute atomic E-state index is 0.0467. The maximum atomic E-state index is 10.5. The second kappa shape index (κ2) is 5.79. The average Bonchev–Trinajstić information content (AvgIpc) is 2.84. The number of hydrogen-bond donors (Lipinski definition) is 4. The molecule has 6 heteroatoms. The third-order valence-electron chi connectivity index (χ3n) is 3.44. The van der Waals surface area contributed by atoms with Crippen LogP contribution in [0.2, 0.25) is 0 Å². The fraction of sp³-hybridized carbons (Fsp3) is 0.462. The van der Waals surface area contributed by atoms with Crippen LogP contribution >= 0.6 is 0 Å². The van der Waals surface area contributed by atoms with Gasteiger partial charge >= 0.3 is 6.09 Å². The lowest BCUT2D eigenvalue weighted by Gasteiger charge is -2.22. The fourth-order valence-corrected chi connectivity index (χ4v) is 2.49. The van der Waals surface area contributed by atoms with Crippen molar-refractivity contribution in [1.29, 1.82) is 0 Å². The van der Waals surface area contributed by atoms with Gasteiger partial charge in [-0.25, -0.2) is 4.79 Å². The van der Waals surface area contributed by atoms with E-state index in [1.54, 1.807) is 6.07 Å². The van der Waals surface area contributed by atoms with Crippen molar-refractivity contribution in [3.8, 4) is 0 Å². The first-order valence-corrected chi connectivity index (χ1v) is 6.31. The monoisotopic (exact) mass is 265 g/mol. The van der Waals surface area contributed by atoms with Gasteiger partial charge in [0.05, 0.1) is 6.61 Å². The highest BCUT2D eigenvalue weighted by Gasteiger charge is 2.24. The molecule has 1 amide bonds. The fourth-order valence-electron chi connectivity index (χ4n) is 2.49. The van der Waals surface area contributed by atoms with Crippen molar-refractivity contribution >= 4 is 17.5 Å². The number of carbonyl (C=O) groups is 1. The first kappa shape index (κ1) is 13.5. The molecule has 2 rings (SSSR count). The summed E-state index contributed by atoms with van der Waals surface area (Å²) in [6.07, 6.45) is -0.0443. The molecule has 0 spiro atoms. The van der Waals surface area contributed by atoms with Crippen molar-refractivity contribution in [2.75, 3.05) is 30.3 Å². The van der Waals surface area contributed by atoms with Crippen LogP contribution in [0.15, 0.2) is 18.2 Å². The summed E-state index contributed by atoms with van der Waals surface area (Å²) in [5, 5.41) is 20.4. The van der Waals surface area contributed by atoms with E-state index < -0.39 is 6.09 Å². The lowest BCUT2D eigenvalue weighted by Crippen LogP contribution is -2.29. The number of benzene rings is 1. The maximum Gasteiger partial charge on any atom is 0.404 e. The van der Waals surface area contributed by atoms with Gasteiger partial charge in [-0.3, -0.25) is 0 Å². The number of nitrogen functional groups attached to an aromatic ring is 1. The van der Waals surface area contributed by atoms with Gasteiger partial charge < -0.3 is 26.2 Å². The molecule has 1 aromatic carbocycles. The van der Waals surface area contributed by atoms with Crippen LogP contribution in [-0.2, 0) is 6.61 Å². The van der Waals surface area contributed by atoms with Crippen LogP contribution in [0.4, 0.5) is 16.2 Å². The minimum atomic E-state index is -0.984. The van der Waals surface area contributed by atoms with Crippen LogP contribution in [0.3, 0.4) is 0 Å². The van der Waals surface area contributed by atoms with E-state index in [-0.39, 0.29) is 6.61 Å². The molecule has 0 saturated carbocycles. The molecular formula is C13H19N3O3.